The van der Waals surface area contributed by atoms with Crippen LogP contribution in [0.4, 0.5) is 0 Å². The average molecular weight is 236 g/mol. The summed E-state index contributed by atoms with van der Waals surface area (Å²) in [6.07, 6.45) is 5.35. The molecule has 0 saturated heterocycles. The second-order valence-electron chi connectivity index (χ2n) is 6.41. The normalized spacial score (nSPS) is 22.4. The van der Waals surface area contributed by atoms with Crippen LogP contribution in [-0.4, -0.2) is 0 Å². The Morgan fingerprint density at radius 3 is 2.67 bits per heavy atom. The Labute approximate surface area is 109 Å². The fraction of sp³-hybridized carbons (Fsp3) is 0.444. The molecule has 0 spiro atoms. The Kier molecular flexibility index (Phi) is 2.12. The van der Waals surface area contributed by atoms with Gasteiger partial charge in [-0.15, -0.1) is 0 Å². The van der Waals surface area contributed by atoms with E-state index >= 15 is 0 Å². The van der Waals surface area contributed by atoms with Crippen LogP contribution in [-0.2, 0) is 12.8 Å². The highest BCUT2D eigenvalue weighted by Crippen LogP contribution is 2.42. The highest BCUT2D eigenvalue weighted by Gasteiger charge is 2.25. The van der Waals surface area contributed by atoms with Crippen LogP contribution in [0.1, 0.15) is 47.9 Å². The molecule has 0 aliphatic heterocycles. The third kappa shape index (κ3) is 1.51. The van der Waals surface area contributed by atoms with Crippen molar-refractivity contribution in [2.24, 2.45) is 5.92 Å². The van der Waals surface area contributed by atoms with Crippen LogP contribution in [0.15, 0.2) is 24.3 Å². The van der Waals surface area contributed by atoms with Crippen LogP contribution in [0.5, 0.6) is 0 Å². The van der Waals surface area contributed by atoms with Gasteiger partial charge in [0.15, 0.2) is 0 Å². The van der Waals surface area contributed by atoms with E-state index in [0.29, 0.717) is 0 Å². The van der Waals surface area contributed by atoms with Gasteiger partial charge in [-0.2, -0.15) is 0 Å². The fourth-order valence-electron chi connectivity index (χ4n) is 3.64. The maximum Gasteiger partial charge on any atom is -0.0149 e. The van der Waals surface area contributed by atoms with Crippen LogP contribution in [0, 0.1) is 12.8 Å². The summed E-state index contributed by atoms with van der Waals surface area (Å²) in [5.41, 5.74) is 6.36. The predicted octanol–water partition coefficient (Wildman–Crippen LogP) is 4.76. The van der Waals surface area contributed by atoms with Gasteiger partial charge in [-0.05, 0) is 77.5 Å². The second-order valence-corrected chi connectivity index (χ2v) is 6.41. The summed E-state index contributed by atoms with van der Waals surface area (Å²) in [4.78, 5) is 0. The van der Waals surface area contributed by atoms with Gasteiger partial charge < -0.3 is 0 Å². The van der Waals surface area contributed by atoms with Crippen molar-refractivity contribution in [1.82, 2.24) is 0 Å². The standard InChI is InChI=1S/C18H20/c1-11-7-16-9-15-6-5-14(13-3-4-13)10-18(15)12(2)17(16)8-11/h5-6,9-11,13H,3-4,7-8H2,1-2H3. The van der Waals surface area contributed by atoms with Crippen LogP contribution in [0.2, 0.25) is 0 Å². The zero-order chi connectivity index (χ0) is 12.3. The number of benzene rings is 2. The lowest BCUT2D eigenvalue weighted by molar-refractivity contribution is 0.627. The molecule has 0 N–H and O–H groups in total. The summed E-state index contributed by atoms with van der Waals surface area (Å²) in [7, 11) is 0. The molecule has 2 aromatic carbocycles. The van der Waals surface area contributed by atoms with Gasteiger partial charge in [0, 0.05) is 0 Å². The zero-order valence-electron chi connectivity index (χ0n) is 11.3. The van der Waals surface area contributed by atoms with Crippen molar-refractivity contribution in [3.8, 4) is 0 Å². The number of hydrogen-bond donors (Lipinski definition) is 0. The molecule has 1 unspecified atom stereocenters. The molecule has 1 fully saturated rings. The maximum atomic E-state index is 2.46. The van der Waals surface area contributed by atoms with E-state index in [1.54, 1.807) is 22.3 Å². The van der Waals surface area contributed by atoms with Crippen LogP contribution >= 0.6 is 0 Å². The van der Waals surface area contributed by atoms with E-state index in [9.17, 15) is 0 Å². The van der Waals surface area contributed by atoms with Gasteiger partial charge in [-0.1, -0.05) is 31.2 Å². The summed E-state index contributed by atoms with van der Waals surface area (Å²) >= 11 is 0. The largest absolute Gasteiger partial charge is 0.0619 e. The van der Waals surface area contributed by atoms with E-state index in [1.165, 1.54) is 36.5 Å². The van der Waals surface area contributed by atoms with Crippen molar-refractivity contribution >= 4 is 10.8 Å². The first-order valence-electron chi connectivity index (χ1n) is 7.27. The first kappa shape index (κ1) is 10.6. The summed E-state index contributed by atoms with van der Waals surface area (Å²) in [5, 5.41) is 2.96. The molecule has 0 amide bonds. The molecular formula is C18H20. The molecule has 18 heavy (non-hydrogen) atoms. The molecule has 0 heteroatoms. The van der Waals surface area contributed by atoms with Gasteiger partial charge in [-0.3, -0.25) is 0 Å². The predicted molar refractivity (Wildman–Crippen MR) is 77.2 cm³/mol. The molecule has 2 aliphatic carbocycles. The Balaban J connectivity index is 1.95. The number of hydrogen-bond acceptors (Lipinski definition) is 0. The van der Waals surface area contributed by atoms with Gasteiger partial charge in [0.2, 0.25) is 0 Å². The van der Waals surface area contributed by atoms with Crippen molar-refractivity contribution in [2.75, 3.05) is 0 Å². The maximum absolute atomic E-state index is 2.46. The molecule has 0 aromatic heterocycles. The molecule has 1 atom stereocenters. The first-order valence-corrected chi connectivity index (χ1v) is 7.27. The lowest BCUT2D eigenvalue weighted by Gasteiger charge is -2.10. The second kappa shape index (κ2) is 3.60. The minimum Gasteiger partial charge on any atom is -0.0619 e. The quantitative estimate of drug-likeness (QED) is 0.669. The van der Waals surface area contributed by atoms with E-state index < -0.39 is 0 Å². The van der Waals surface area contributed by atoms with Gasteiger partial charge in [-0.25, -0.2) is 0 Å². The zero-order valence-corrected chi connectivity index (χ0v) is 11.3. The van der Waals surface area contributed by atoms with Crippen molar-refractivity contribution in [1.29, 1.82) is 0 Å². The fourth-order valence-corrected chi connectivity index (χ4v) is 3.64. The summed E-state index contributed by atoms with van der Waals surface area (Å²) < 4.78 is 0. The topological polar surface area (TPSA) is 0 Å². The van der Waals surface area contributed by atoms with Crippen molar-refractivity contribution in [2.45, 2.75) is 45.4 Å². The number of aryl methyl sites for hydroxylation is 1. The minimum atomic E-state index is 0.832. The van der Waals surface area contributed by atoms with Crippen molar-refractivity contribution < 1.29 is 0 Å². The Morgan fingerprint density at radius 1 is 1.06 bits per heavy atom. The summed E-state index contributed by atoms with van der Waals surface area (Å²) in [6, 6.07) is 9.60. The smallest absolute Gasteiger partial charge is 0.0149 e. The highest BCUT2D eigenvalue weighted by atomic mass is 14.3. The van der Waals surface area contributed by atoms with E-state index in [1.807, 2.05) is 0 Å². The third-order valence-electron chi connectivity index (χ3n) is 4.82. The van der Waals surface area contributed by atoms with Crippen LogP contribution < -0.4 is 0 Å². The number of fused-ring (bicyclic) bond motifs is 2. The minimum absolute atomic E-state index is 0.832. The summed E-state index contributed by atoms with van der Waals surface area (Å²) in [6.45, 7) is 4.70. The third-order valence-corrected chi connectivity index (χ3v) is 4.82. The molecule has 0 bridgehead atoms. The lowest BCUT2D eigenvalue weighted by atomic mass is 9.94. The van der Waals surface area contributed by atoms with Gasteiger partial charge >= 0.3 is 0 Å². The molecule has 2 aromatic rings. The van der Waals surface area contributed by atoms with Gasteiger partial charge in [0.05, 0.1) is 0 Å². The highest BCUT2D eigenvalue weighted by molar-refractivity contribution is 5.88. The molecule has 2 aliphatic rings. The summed E-state index contributed by atoms with van der Waals surface area (Å²) in [5.74, 6) is 1.69. The molecule has 0 nitrogen and oxygen atoms in total. The SMILES string of the molecule is Cc1c2c(cc3ccc(C4CC4)cc13)CC(C)C2. The molecule has 0 radical (unpaired) electrons. The molecule has 92 valence electrons. The Hall–Kier alpha value is -1.30. The molecule has 0 heterocycles. The molecule has 4 rings (SSSR count). The Morgan fingerprint density at radius 2 is 1.89 bits per heavy atom. The average Bonchev–Trinajstić information content (AvgIpc) is 3.13. The van der Waals surface area contributed by atoms with E-state index in [2.05, 4.69) is 38.1 Å². The Bertz CT molecular complexity index is 632. The molecule has 1 saturated carbocycles. The monoisotopic (exact) mass is 236 g/mol. The van der Waals surface area contributed by atoms with E-state index in [-0.39, 0.29) is 0 Å². The first-order chi connectivity index (χ1) is 8.72. The van der Waals surface area contributed by atoms with Crippen LogP contribution in [0.3, 0.4) is 0 Å². The van der Waals surface area contributed by atoms with E-state index in [0.717, 1.165) is 11.8 Å². The van der Waals surface area contributed by atoms with Crippen LogP contribution in [0.25, 0.3) is 10.8 Å². The lowest BCUT2D eigenvalue weighted by Crippen LogP contribution is -1.92. The molecular weight excluding hydrogens is 216 g/mol. The number of rotatable bonds is 1. The van der Waals surface area contributed by atoms with Crippen molar-refractivity contribution in [3.05, 3.63) is 46.5 Å². The van der Waals surface area contributed by atoms with Gasteiger partial charge in [0.1, 0.15) is 0 Å². The van der Waals surface area contributed by atoms with Gasteiger partial charge in [0.25, 0.3) is 0 Å². The van der Waals surface area contributed by atoms with Crippen molar-refractivity contribution in [3.63, 3.8) is 0 Å². The van der Waals surface area contributed by atoms with E-state index in [4.69, 9.17) is 0 Å².